The van der Waals surface area contributed by atoms with Crippen LogP contribution in [0.15, 0.2) is 18.2 Å². The van der Waals surface area contributed by atoms with Gasteiger partial charge in [0.2, 0.25) is 0 Å². The van der Waals surface area contributed by atoms with Crippen LogP contribution in [0.3, 0.4) is 0 Å². The summed E-state index contributed by atoms with van der Waals surface area (Å²) in [7, 11) is 1.72. The Hall–Kier alpha value is -1.06. The van der Waals surface area contributed by atoms with E-state index in [2.05, 4.69) is 38.3 Å². The first kappa shape index (κ1) is 15.0. The number of methoxy groups -OCH3 is 1. The molecule has 1 rings (SSSR count). The molecule has 0 saturated carbocycles. The summed E-state index contributed by atoms with van der Waals surface area (Å²) >= 11 is 0. The fraction of sp³-hybridized carbons (Fsp3) is 0.600. The standard InChI is InChI=1S/C15H26N2O/c1-5-12(6-2)14(17-16)10-13-9-11(3)7-8-15(13)18-4/h7-9,12,14,17H,5-6,10,16H2,1-4H3. The first-order chi connectivity index (χ1) is 8.65. The molecular weight excluding hydrogens is 224 g/mol. The number of hydrazine groups is 1. The molecule has 0 heterocycles. The fourth-order valence-corrected chi connectivity index (χ4v) is 2.52. The van der Waals surface area contributed by atoms with Gasteiger partial charge in [-0.05, 0) is 30.9 Å². The largest absolute Gasteiger partial charge is 0.496 e. The lowest BCUT2D eigenvalue weighted by Crippen LogP contribution is -2.42. The average Bonchev–Trinajstić information content (AvgIpc) is 2.39. The van der Waals surface area contributed by atoms with E-state index in [1.165, 1.54) is 11.1 Å². The Morgan fingerprint density at radius 1 is 1.28 bits per heavy atom. The van der Waals surface area contributed by atoms with Crippen molar-refractivity contribution in [2.45, 2.75) is 46.1 Å². The fourth-order valence-electron chi connectivity index (χ4n) is 2.52. The smallest absolute Gasteiger partial charge is 0.122 e. The Morgan fingerprint density at radius 3 is 2.44 bits per heavy atom. The number of nitrogens with two attached hydrogens (primary N) is 1. The molecule has 1 aromatic rings. The summed E-state index contributed by atoms with van der Waals surface area (Å²) in [5, 5.41) is 0. The summed E-state index contributed by atoms with van der Waals surface area (Å²) in [5.74, 6) is 7.26. The molecule has 3 N–H and O–H groups in total. The van der Waals surface area contributed by atoms with Crippen LogP contribution in [0.4, 0.5) is 0 Å². The lowest BCUT2D eigenvalue weighted by Gasteiger charge is -2.25. The molecule has 0 aliphatic heterocycles. The zero-order valence-corrected chi connectivity index (χ0v) is 12.0. The predicted octanol–water partition coefficient (Wildman–Crippen LogP) is 2.81. The van der Waals surface area contributed by atoms with Gasteiger partial charge in [0.05, 0.1) is 7.11 Å². The minimum atomic E-state index is 0.302. The lowest BCUT2D eigenvalue weighted by molar-refractivity contribution is 0.330. The molecule has 0 aliphatic carbocycles. The van der Waals surface area contributed by atoms with Crippen LogP contribution in [-0.2, 0) is 6.42 Å². The normalized spacial score (nSPS) is 12.8. The molecule has 0 saturated heterocycles. The van der Waals surface area contributed by atoms with Crippen LogP contribution in [-0.4, -0.2) is 13.2 Å². The maximum atomic E-state index is 5.71. The van der Waals surface area contributed by atoms with Crippen LogP contribution in [0.2, 0.25) is 0 Å². The molecule has 0 aliphatic rings. The van der Waals surface area contributed by atoms with E-state index >= 15 is 0 Å². The summed E-state index contributed by atoms with van der Waals surface area (Å²) in [6.07, 6.45) is 3.19. The second-order valence-electron chi connectivity index (χ2n) is 4.87. The third kappa shape index (κ3) is 3.72. The van der Waals surface area contributed by atoms with Crippen LogP contribution >= 0.6 is 0 Å². The van der Waals surface area contributed by atoms with E-state index in [9.17, 15) is 0 Å². The van der Waals surface area contributed by atoms with Gasteiger partial charge in [-0.1, -0.05) is 44.4 Å². The Kier molecular flexibility index (Phi) is 6.16. The summed E-state index contributed by atoms with van der Waals surface area (Å²) < 4.78 is 5.42. The molecule has 3 heteroatoms. The monoisotopic (exact) mass is 250 g/mol. The van der Waals surface area contributed by atoms with Gasteiger partial charge in [0.15, 0.2) is 0 Å². The molecule has 3 nitrogen and oxygen atoms in total. The zero-order valence-electron chi connectivity index (χ0n) is 12.0. The van der Waals surface area contributed by atoms with E-state index < -0.39 is 0 Å². The second-order valence-corrected chi connectivity index (χ2v) is 4.87. The minimum Gasteiger partial charge on any atom is -0.496 e. The quantitative estimate of drug-likeness (QED) is 0.578. The molecule has 1 aromatic carbocycles. The topological polar surface area (TPSA) is 47.3 Å². The van der Waals surface area contributed by atoms with Gasteiger partial charge in [-0.15, -0.1) is 0 Å². The third-order valence-electron chi connectivity index (χ3n) is 3.71. The number of ether oxygens (including phenoxy) is 1. The Balaban J connectivity index is 2.89. The first-order valence-electron chi connectivity index (χ1n) is 6.75. The van der Waals surface area contributed by atoms with Crippen molar-refractivity contribution < 1.29 is 4.74 Å². The van der Waals surface area contributed by atoms with E-state index in [1.807, 2.05) is 6.07 Å². The van der Waals surface area contributed by atoms with Crippen molar-refractivity contribution in [1.82, 2.24) is 5.43 Å². The van der Waals surface area contributed by atoms with E-state index in [1.54, 1.807) is 7.11 Å². The van der Waals surface area contributed by atoms with E-state index in [0.717, 1.165) is 25.0 Å². The van der Waals surface area contributed by atoms with Crippen LogP contribution < -0.4 is 16.0 Å². The third-order valence-corrected chi connectivity index (χ3v) is 3.71. The lowest BCUT2D eigenvalue weighted by atomic mass is 9.89. The van der Waals surface area contributed by atoms with Gasteiger partial charge >= 0.3 is 0 Å². The zero-order chi connectivity index (χ0) is 13.5. The molecule has 0 spiro atoms. The molecule has 0 amide bonds. The van der Waals surface area contributed by atoms with Gasteiger partial charge in [0.1, 0.15) is 5.75 Å². The van der Waals surface area contributed by atoms with Gasteiger partial charge in [0.25, 0.3) is 0 Å². The van der Waals surface area contributed by atoms with Crippen LogP contribution in [0.25, 0.3) is 0 Å². The van der Waals surface area contributed by atoms with Crippen molar-refractivity contribution in [1.29, 1.82) is 0 Å². The van der Waals surface area contributed by atoms with Gasteiger partial charge in [-0.25, -0.2) is 0 Å². The molecule has 0 bridgehead atoms. The predicted molar refractivity (Wildman–Crippen MR) is 76.6 cm³/mol. The second kappa shape index (κ2) is 7.39. The molecule has 0 aromatic heterocycles. The Bertz CT molecular complexity index is 362. The highest BCUT2D eigenvalue weighted by molar-refractivity contribution is 5.37. The molecular formula is C15H26N2O. The molecule has 18 heavy (non-hydrogen) atoms. The van der Waals surface area contributed by atoms with Crippen molar-refractivity contribution in [3.8, 4) is 5.75 Å². The van der Waals surface area contributed by atoms with Crippen LogP contribution in [0, 0.1) is 12.8 Å². The van der Waals surface area contributed by atoms with Crippen molar-refractivity contribution >= 4 is 0 Å². The highest BCUT2D eigenvalue weighted by atomic mass is 16.5. The molecule has 1 unspecified atom stereocenters. The number of benzene rings is 1. The Labute approximate surface area is 111 Å². The number of hydrogen-bond donors (Lipinski definition) is 2. The number of aryl methyl sites for hydroxylation is 1. The summed E-state index contributed by atoms with van der Waals surface area (Å²) in [6.45, 7) is 6.53. The summed E-state index contributed by atoms with van der Waals surface area (Å²) in [5.41, 5.74) is 5.45. The molecule has 0 fully saturated rings. The summed E-state index contributed by atoms with van der Waals surface area (Å²) in [6, 6.07) is 6.59. The average molecular weight is 250 g/mol. The van der Waals surface area contributed by atoms with E-state index in [0.29, 0.717) is 12.0 Å². The highest BCUT2D eigenvalue weighted by Crippen LogP contribution is 2.24. The maximum Gasteiger partial charge on any atom is 0.122 e. The first-order valence-corrected chi connectivity index (χ1v) is 6.75. The van der Waals surface area contributed by atoms with Crippen molar-refractivity contribution in [2.75, 3.05) is 7.11 Å². The van der Waals surface area contributed by atoms with Gasteiger partial charge in [-0.3, -0.25) is 11.3 Å². The van der Waals surface area contributed by atoms with Crippen LogP contribution in [0.1, 0.15) is 37.8 Å². The maximum absolute atomic E-state index is 5.71. The van der Waals surface area contributed by atoms with E-state index in [4.69, 9.17) is 10.6 Å². The Morgan fingerprint density at radius 2 is 1.94 bits per heavy atom. The number of rotatable bonds is 7. The van der Waals surface area contributed by atoms with Crippen molar-refractivity contribution in [3.05, 3.63) is 29.3 Å². The highest BCUT2D eigenvalue weighted by Gasteiger charge is 2.19. The minimum absolute atomic E-state index is 0.302. The number of nitrogens with one attached hydrogen (secondary N) is 1. The molecule has 102 valence electrons. The molecule has 1 atom stereocenters. The summed E-state index contributed by atoms with van der Waals surface area (Å²) in [4.78, 5) is 0. The molecule has 0 radical (unpaired) electrons. The number of hydrogen-bond acceptors (Lipinski definition) is 3. The van der Waals surface area contributed by atoms with Crippen LogP contribution in [0.5, 0.6) is 5.75 Å². The van der Waals surface area contributed by atoms with Crippen molar-refractivity contribution in [3.63, 3.8) is 0 Å². The SMILES string of the molecule is CCC(CC)C(Cc1cc(C)ccc1OC)NN. The van der Waals surface area contributed by atoms with Gasteiger partial charge < -0.3 is 4.74 Å². The van der Waals surface area contributed by atoms with Crippen molar-refractivity contribution in [2.24, 2.45) is 11.8 Å². The van der Waals surface area contributed by atoms with Gasteiger partial charge in [-0.2, -0.15) is 0 Å². The van der Waals surface area contributed by atoms with Gasteiger partial charge in [0, 0.05) is 6.04 Å². The van der Waals surface area contributed by atoms with E-state index in [-0.39, 0.29) is 0 Å².